The molecule has 0 radical (unpaired) electrons. The van der Waals surface area contributed by atoms with E-state index in [1.807, 2.05) is 11.8 Å². The fourth-order valence-electron chi connectivity index (χ4n) is 1.72. The molecule has 0 saturated carbocycles. The van der Waals surface area contributed by atoms with Crippen LogP contribution in [0, 0.1) is 0 Å². The summed E-state index contributed by atoms with van der Waals surface area (Å²) < 4.78 is 5.75. The Morgan fingerprint density at radius 2 is 2.10 bits per heavy atom. The second-order valence-electron chi connectivity index (χ2n) is 4.47. The monoisotopic (exact) mass is 356 g/mol. The third kappa shape index (κ3) is 4.13. The first kappa shape index (κ1) is 15.7. The number of nitrogens with zero attached hydrogens (tertiary/aromatic N) is 4. The van der Waals surface area contributed by atoms with Gasteiger partial charge in [0.25, 0.3) is 0 Å². The lowest BCUT2D eigenvalue weighted by molar-refractivity contribution is -0.156. The Morgan fingerprint density at radius 3 is 2.67 bits per heavy atom. The lowest BCUT2D eigenvalue weighted by Crippen LogP contribution is -2.48. The summed E-state index contributed by atoms with van der Waals surface area (Å²) in [6.07, 6.45) is 3.27. The SMILES string of the molecule is CCOC(=O)C(CC)ON=C1CN(c2ncc(Br)cn2)C1. The highest BCUT2D eigenvalue weighted by atomic mass is 79.9. The highest BCUT2D eigenvalue weighted by Gasteiger charge is 2.26. The standard InChI is InChI=1S/C13H17BrN4O3/c1-3-11(12(19)20-4-2)21-17-10-7-18(8-10)13-15-5-9(14)6-16-13/h5-6,11H,3-4,7-8H2,1-2H3. The number of carbonyl (C=O) groups excluding carboxylic acids is 1. The molecule has 0 spiro atoms. The van der Waals surface area contributed by atoms with Crippen LogP contribution in [0.25, 0.3) is 0 Å². The van der Waals surface area contributed by atoms with E-state index in [0.29, 0.717) is 32.1 Å². The zero-order valence-corrected chi connectivity index (χ0v) is 13.5. The topological polar surface area (TPSA) is 76.9 Å². The van der Waals surface area contributed by atoms with E-state index < -0.39 is 6.10 Å². The van der Waals surface area contributed by atoms with Crippen molar-refractivity contribution in [3.05, 3.63) is 16.9 Å². The molecule has 0 bridgehead atoms. The largest absolute Gasteiger partial charge is 0.463 e. The first-order valence-electron chi connectivity index (χ1n) is 6.74. The smallest absolute Gasteiger partial charge is 0.350 e. The molecule has 0 amide bonds. The summed E-state index contributed by atoms with van der Waals surface area (Å²) in [6, 6.07) is 0. The minimum Gasteiger partial charge on any atom is -0.463 e. The average Bonchev–Trinajstić information content (AvgIpc) is 2.43. The Hall–Kier alpha value is -1.70. The van der Waals surface area contributed by atoms with Gasteiger partial charge in [-0.2, -0.15) is 0 Å². The maximum Gasteiger partial charge on any atom is 0.350 e. The fraction of sp³-hybridized carbons (Fsp3) is 0.538. The van der Waals surface area contributed by atoms with Crippen molar-refractivity contribution in [2.45, 2.75) is 26.4 Å². The molecule has 1 aliphatic rings. The molecular formula is C13H17BrN4O3. The van der Waals surface area contributed by atoms with Gasteiger partial charge < -0.3 is 14.5 Å². The molecular weight excluding hydrogens is 340 g/mol. The maximum atomic E-state index is 11.6. The lowest BCUT2D eigenvalue weighted by atomic mass is 10.2. The summed E-state index contributed by atoms with van der Waals surface area (Å²) >= 11 is 3.29. The number of oxime groups is 1. The molecule has 1 aromatic rings. The second kappa shape index (κ2) is 7.35. The Morgan fingerprint density at radius 1 is 1.43 bits per heavy atom. The number of carbonyl (C=O) groups is 1. The zero-order valence-electron chi connectivity index (χ0n) is 12.0. The van der Waals surface area contributed by atoms with Crippen molar-refractivity contribution < 1.29 is 14.4 Å². The maximum absolute atomic E-state index is 11.6. The lowest BCUT2D eigenvalue weighted by Gasteiger charge is -2.32. The molecule has 0 aliphatic carbocycles. The van der Waals surface area contributed by atoms with Crippen LogP contribution in [0.5, 0.6) is 0 Å². The summed E-state index contributed by atoms with van der Waals surface area (Å²) in [5, 5.41) is 4.01. The van der Waals surface area contributed by atoms with E-state index in [0.717, 1.165) is 10.2 Å². The number of halogens is 1. The van der Waals surface area contributed by atoms with Crippen LogP contribution < -0.4 is 4.90 Å². The Kier molecular flexibility index (Phi) is 5.49. The molecule has 1 fully saturated rings. The number of esters is 1. The third-order valence-corrected chi connectivity index (χ3v) is 3.28. The van der Waals surface area contributed by atoms with Crippen LogP contribution in [-0.2, 0) is 14.4 Å². The minimum atomic E-state index is -0.643. The summed E-state index contributed by atoms with van der Waals surface area (Å²) in [4.78, 5) is 27.2. The molecule has 0 N–H and O–H groups in total. The van der Waals surface area contributed by atoms with Gasteiger partial charge in [-0.15, -0.1) is 0 Å². The quantitative estimate of drug-likeness (QED) is 0.571. The Bertz CT molecular complexity index is 513. The first-order valence-corrected chi connectivity index (χ1v) is 7.54. The van der Waals surface area contributed by atoms with Crippen LogP contribution in [0.2, 0.25) is 0 Å². The number of anilines is 1. The van der Waals surface area contributed by atoms with E-state index in [9.17, 15) is 4.79 Å². The fourth-order valence-corrected chi connectivity index (χ4v) is 1.92. The van der Waals surface area contributed by atoms with E-state index >= 15 is 0 Å². The van der Waals surface area contributed by atoms with Gasteiger partial charge in [-0.3, -0.25) is 0 Å². The molecule has 114 valence electrons. The van der Waals surface area contributed by atoms with Crippen LogP contribution >= 0.6 is 15.9 Å². The molecule has 1 unspecified atom stereocenters. The molecule has 1 aromatic heterocycles. The number of hydrogen-bond donors (Lipinski definition) is 0. The van der Waals surface area contributed by atoms with E-state index in [1.165, 1.54) is 0 Å². The van der Waals surface area contributed by atoms with Gasteiger partial charge in [-0.1, -0.05) is 12.1 Å². The van der Waals surface area contributed by atoms with Crippen LogP contribution in [0.1, 0.15) is 20.3 Å². The Labute approximate surface area is 131 Å². The average molecular weight is 357 g/mol. The highest BCUT2D eigenvalue weighted by Crippen LogP contribution is 2.16. The van der Waals surface area contributed by atoms with E-state index in [-0.39, 0.29) is 5.97 Å². The van der Waals surface area contributed by atoms with Crippen LogP contribution in [0.15, 0.2) is 22.0 Å². The minimum absolute atomic E-state index is 0.337. The van der Waals surface area contributed by atoms with E-state index in [2.05, 4.69) is 31.1 Å². The molecule has 2 rings (SSSR count). The van der Waals surface area contributed by atoms with Crippen molar-refractivity contribution >= 4 is 33.6 Å². The Balaban J connectivity index is 1.83. The molecule has 1 aliphatic heterocycles. The highest BCUT2D eigenvalue weighted by molar-refractivity contribution is 9.10. The van der Waals surface area contributed by atoms with Gasteiger partial charge in [0.05, 0.1) is 29.9 Å². The number of rotatable bonds is 6. The van der Waals surface area contributed by atoms with Gasteiger partial charge in [0.2, 0.25) is 12.1 Å². The number of aromatic nitrogens is 2. The van der Waals surface area contributed by atoms with Crippen LogP contribution in [-0.4, -0.2) is 47.4 Å². The molecule has 7 nitrogen and oxygen atoms in total. The summed E-state index contributed by atoms with van der Waals surface area (Å²) in [6.45, 7) is 5.15. The van der Waals surface area contributed by atoms with Gasteiger partial charge in [0, 0.05) is 12.4 Å². The summed E-state index contributed by atoms with van der Waals surface area (Å²) in [5.41, 5.74) is 0.851. The van der Waals surface area contributed by atoms with Gasteiger partial charge in [0.1, 0.15) is 0 Å². The van der Waals surface area contributed by atoms with Crippen molar-refractivity contribution in [2.75, 3.05) is 24.6 Å². The van der Waals surface area contributed by atoms with Crippen molar-refractivity contribution in [1.82, 2.24) is 9.97 Å². The predicted molar refractivity (Wildman–Crippen MR) is 81.2 cm³/mol. The van der Waals surface area contributed by atoms with Crippen LogP contribution in [0.3, 0.4) is 0 Å². The molecule has 2 heterocycles. The molecule has 1 saturated heterocycles. The van der Waals surface area contributed by atoms with Gasteiger partial charge in [-0.05, 0) is 29.3 Å². The van der Waals surface area contributed by atoms with Gasteiger partial charge >= 0.3 is 5.97 Å². The second-order valence-corrected chi connectivity index (χ2v) is 5.38. The van der Waals surface area contributed by atoms with Crippen molar-refractivity contribution in [3.63, 3.8) is 0 Å². The first-order chi connectivity index (χ1) is 10.1. The van der Waals surface area contributed by atoms with Crippen molar-refractivity contribution in [1.29, 1.82) is 0 Å². The molecule has 21 heavy (non-hydrogen) atoms. The number of hydrogen-bond acceptors (Lipinski definition) is 7. The van der Waals surface area contributed by atoms with Crippen molar-refractivity contribution in [3.8, 4) is 0 Å². The van der Waals surface area contributed by atoms with E-state index in [1.54, 1.807) is 19.3 Å². The van der Waals surface area contributed by atoms with Gasteiger partial charge in [0.15, 0.2) is 0 Å². The normalized spacial score (nSPS) is 15.2. The van der Waals surface area contributed by atoms with Gasteiger partial charge in [-0.25, -0.2) is 14.8 Å². The predicted octanol–water partition coefficient (Wildman–Crippen LogP) is 1.77. The van der Waals surface area contributed by atoms with Crippen LogP contribution in [0.4, 0.5) is 5.95 Å². The van der Waals surface area contributed by atoms with E-state index in [4.69, 9.17) is 9.57 Å². The summed E-state index contributed by atoms with van der Waals surface area (Å²) in [7, 11) is 0. The molecule has 0 aromatic carbocycles. The molecule has 8 heteroatoms. The third-order valence-electron chi connectivity index (χ3n) is 2.87. The molecule has 1 atom stereocenters. The summed E-state index contributed by atoms with van der Waals surface area (Å²) in [5.74, 6) is 0.270. The zero-order chi connectivity index (χ0) is 15.2. The van der Waals surface area contributed by atoms with Crippen molar-refractivity contribution in [2.24, 2.45) is 5.16 Å². The number of ether oxygens (including phenoxy) is 1.